The second-order valence-electron chi connectivity index (χ2n) is 17.4. The zero-order valence-electron chi connectivity index (χ0n) is 28.8. The highest BCUT2D eigenvalue weighted by atomic mass is 16.7. The van der Waals surface area contributed by atoms with E-state index in [2.05, 4.69) is 47.6 Å². The van der Waals surface area contributed by atoms with Crippen molar-refractivity contribution in [2.24, 2.45) is 45.3 Å². The Hall–Kier alpha value is -0.620. The third-order valence-corrected chi connectivity index (χ3v) is 14.5. The van der Waals surface area contributed by atoms with E-state index in [1.165, 1.54) is 5.57 Å². The quantitative estimate of drug-likeness (QED) is 0.198. The van der Waals surface area contributed by atoms with Crippen molar-refractivity contribution < 1.29 is 45.2 Å². The SMILES string of the molecule is C[C@H](CC[C@@H](O)C(C)(C)O)C1CC[C@@]2(C)[C@@H]3CC=C4[C@@H](CC[C@H](O[C@H]5O[C@@H](CO)[C@H](O)[C@@H](O)[C@@H]5O)C4(C)C)[C@]3(C)[C@H](O)C[C@]12C. The number of ether oxygens (including phenoxy) is 2. The molecule has 3 saturated carbocycles. The zero-order chi connectivity index (χ0) is 33.5. The number of rotatable bonds is 8. The zero-order valence-corrected chi connectivity index (χ0v) is 28.8. The summed E-state index contributed by atoms with van der Waals surface area (Å²) in [4.78, 5) is 0. The summed E-state index contributed by atoms with van der Waals surface area (Å²) in [5.41, 5.74) is -0.568. The fourth-order valence-corrected chi connectivity index (χ4v) is 11.2. The van der Waals surface area contributed by atoms with Crippen LogP contribution in [-0.4, -0.2) is 97.0 Å². The topological polar surface area (TPSA) is 160 Å². The lowest BCUT2D eigenvalue weighted by Crippen LogP contribution is -2.65. The Morgan fingerprint density at radius 2 is 1.62 bits per heavy atom. The van der Waals surface area contributed by atoms with E-state index < -0.39 is 60.5 Å². The van der Waals surface area contributed by atoms with E-state index in [0.29, 0.717) is 30.6 Å². The van der Waals surface area contributed by atoms with Crippen LogP contribution in [0, 0.1) is 45.3 Å². The molecule has 0 bridgehead atoms. The van der Waals surface area contributed by atoms with Crippen molar-refractivity contribution in [3.63, 3.8) is 0 Å². The summed E-state index contributed by atoms with van der Waals surface area (Å²) < 4.78 is 12.1. The first-order chi connectivity index (χ1) is 20.7. The highest BCUT2D eigenvalue weighted by Crippen LogP contribution is 2.75. The minimum atomic E-state index is -1.48. The lowest BCUT2D eigenvalue weighted by molar-refractivity contribution is -0.320. The van der Waals surface area contributed by atoms with Gasteiger partial charge in [-0.15, -0.1) is 0 Å². The van der Waals surface area contributed by atoms with Gasteiger partial charge in [-0.3, -0.25) is 0 Å². The maximum absolute atomic E-state index is 12.2. The van der Waals surface area contributed by atoms with Gasteiger partial charge in [0.1, 0.15) is 24.4 Å². The summed E-state index contributed by atoms with van der Waals surface area (Å²) in [6, 6.07) is 0. The first kappa shape index (κ1) is 35.7. The molecule has 1 unspecified atom stereocenters. The predicted molar refractivity (Wildman–Crippen MR) is 170 cm³/mol. The molecule has 5 aliphatic rings. The number of allylic oxidation sites excluding steroid dienone is 1. The van der Waals surface area contributed by atoms with E-state index in [1.807, 2.05) is 0 Å². The summed E-state index contributed by atoms with van der Waals surface area (Å²) in [5.74, 6) is 1.29. The number of aliphatic hydroxyl groups is 7. The number of hydrogen-bond donors (Lipinski definition) is 7. The molecule has 4 aliphatic carbocycles. The van der Waals surface area contributed by atoms with Crippen LogP contribution in [-0.2, 0) is 9.47 Å². The van der Waals surface area contributed by atoms with Gasteiger partial charge < -0.3 is 45.2 Å². The molecular formula is C36H62O9. The first-order valence-corrected chi connectivity index (χ1v) is 17.5. The van der Waals surface area contributed by atoms with Crippen LogP contribution in [0.5, 0.6) is 0 Å². The van der Waals surface area contributed by atoms with Gasteiger partial charge in [0.25, 0.3) is 0 Å². The van der Waals surface area contributed by atoms with Crippen LogP contribution in [0.4, 0.5) is 0 Å². The molecule has 0 spiro atoms. The van der Waals surface area contributed by atoms with E-state index in [4.69, 9.17) is 9.47 Å². The van der Waals surface area contributed by atoms with E-state index >= 15 is 0 Å². The van der Waals surface area contributed by atoms with E-state index in [0.717, 1.165) is 38.5 Å². The largest absolute Gasteiger partial charge is 0.394 e. The maximum atomic E-state index is 12.2. The Morgan fingerprint density at radius 1 is 0.956 bits per heavy atom. The molecule has 0 aromatic rings. The molecule has 15 atom stereocenters. The molecule has 1 heterocycles. The average Bonchev–Trinajstić information content (AvgIpc) is 3.23. The molecule has 0 amide bonds. The van der Waals surface area contributed by atoms with Crippen LogP contribution >= 0.6 is 0 Å². The molecule has 9 nitrogen and oxygen atoms in total. The highest BCUT2D eigenvalue weighted by molar-refractivity contribution is 5.31. The van der Waals surface area contributed by atoms with E-state index in [1.54, 1.807) is 13.8 Å². The Balaban J connectivity index is 1.37. The smallest absolute Gasteiger partial charge is 0.187 e. The predicted octanol–water partition coefficient (Wildman–Crippen LogP) is 3.30. The van der Waals surface area contributed by atoms with Crippen molar-refractivity contribution in [1.29, 1.82) is 0 Å². The van der Waals surface area contributed by atoms with Crippen LogP contribution < -0.4 is 0 Å². The fourth-order valence-electron chi connectivity index (χ4n) is 11.2. The molecule has 260 valence electrons. The van der Waals surface area contributed by atoms with Crippen LogP contribution in [0.2, 0.25) is 0 Å². The molecule has 0 aromatic heterocycles. The third-order valence-electron chi connectivity index (χ3n) is 14.5. The first-order valence-electron chi connectivity index (χ1n) is 17.5. The van der Waals surface area contributed by atoms with E-state index in [-0.39, 0.29) is 28.3 Å². The number of fused-ring (bicyclic) bond motifs is 5. The summed E-state index contributed by atoms with van der Waals surface area (Å²) >= 11 is 0. The van der Waals surface area contributed by atoms with Gasteiger partial charge in [0.2, 0.25) is 0 Å². The van der Waals surface area contributed by atoms with Gasteiger partial charge in [0, 0.05) is 10.8 Å². The van der Waals surface area contributed by atoms with Gasteiger partial charge in [-0.05, 0) is 99.7 Å². The molecule has 0 aromatic carbocycles. The maximum Gasteiger partial charge on any atom is 0.187 e. The second kappa shape index (κ2) is 12.1. The number of hydrogen-bond acceptors (Lipinski definition) is 9. The van der Waals surface area contributed by atoms with Gasteiger partial charge in [-0.1, -0.05) is 53.2 Å². The van der Waals surface area contributed by atoms with Gasteiger partial charge in [0.15, 0.2) is 6.29 Å². The highest BCUT2D eigenvalue weighted by Gasteiger charge is 2.70. The second-order valence-corrected chi connectivity index (χ2v) is 17.4. The monoisotopic (exact) mass is 638 g/mol. The molecule has 9 heteroatoms. The average molecular weight is 639 g/mol. The van der Waals surface area contributed by atoms with Crippen LogP contribution in [0.15, 0.2) is 11.6 Å². The number of aliphatic hydroxyl groups excluding tert-OH is 6. The molecular weight excluding hydrogens is 576 g/mol. The normalized spacial score (nSPS) is 49.4. The van der Waals surface area contributed by atoms with Crippen LogP contribution in [0.3, 0.4) is 0 Å². The van der Waals surface area contributed by atoms with Crippen molar-refractivity contribution in [1.82, 2.24) is 0 Å². The fraction of sp³-hybridized carbons (Fsp3) is 0.944. The Morgan fingerprint density at radius 3 is 2.24 bits per heavy atom. The molecule has 5 rings (SSSR count). The van der Waals surface area contributed by atoms with Gasteiger partial charge in [-0.2, -0.15) is 0 Å². The summed E-state index contributed by atoms with van der Waals surface area (Å²) in [6.45, 7) is 16.6. The standard InChI is InChI=1S/C36H62O9/c1-19(9-13-25(38)33(4,5)43)20-15-16-34(6)24-12-10-21-22(36(24,8)26(39)17-35(20,34)7)11-14-27(32(21,2)3)45-31-30(42)29(41)28(40)23(18-37)44-31/h10,19-20,22-31,37-43H,9,11-18H2,1-8H3/t19-,20?,22-,23+,24+,25-,26-,27+,28+,29-,30+,31-,34+,35-,36+/m1/s1. The summed E-state index contributed by atoms with van der Waals surface area (Å²) in [5, 5.41) is 73.9. The Kier molecular flexibility index (Phi) is 9.56. The lowest BCUT2D eigenvalue weighted by Gasteiger charge is -2.67. The molecule has 45 heavy (non-hydrogen) atoms. The van der Waals surface area contributed by atoms with Crippen molar-refractivity contribution in [3.8, 4) is 0 Å². The van der Waals surface area contributed by atoms with Crippen LogP contribution in [0.25, 0.3) is 0 Å². The molecule has 1 saturated heterocycles. The minimum Gasteiger partial charge on any atom is -0.394 e. The summed E-state index contributed by atoms with van der Waals surface area (Å²) in [7, 11) is 0. The Labute approximate surface area is 270 Å². The van der Waals surface area contributed by atoms with E-state index in [9.17, 15) is 35.7 Å². The minimum absolute atomic E-state index is 0.0417. The summed E-state index contributed by atoms with van der Waals surface area (Å²) in [6.07, 6.45) is 1.08. The van der Waals surface area contributed by atoms with Gasteiger partial charge in [0.05, 0.1) is 30.5 Å². The van der Waals surface area contributed by atoms with Gasteiger partial charge in [-0.25, -0.2) is 0 Å². The van der Waals surface area contributed by atoms with Crippen molar-refractivity contribution >= 4 is 0 Å². The third kappa shape index (κ3) is 5.48. The lowest BCUT2D eigenvalue weighted by atomic mass is 9.38. The molecule has 4 fully saturated rings. The molecule has 0 radical (unpaired) electrons. The van der Waals surface area contributed by atoms with Crippen molar-refractivity contribution in [3.05, 3.63) is 11.6 Å². The van der Waals surface area contributed by atoms with Gasteiger partial charge >= 0.3 is 0 Å². The van der Waals surface area contributed by atoms with Crippen molar-refractivity contribution in [2.75, 3.05) is 6.61 Å². The Bertz CT molecular complexity index is 1100. The van der Waals surface area contributed by atoms with Crippen molar-refractivity contribution in [2.45, 2.75) is 161 Å². The van der Waals surface area contributed by atoms with Crippen LogP contribution in [0.1, 0.15) is 107 Å². The molecule has 1 aliphatic heterocycles. The molecule has 7 N–H and O–H groups in total.